The van der Waals surface area contributed by atoms with E-state index in [0.29, 0.717) is 12.4 Å². The molecule has 1 aromatic heterocycles. The number of nitrogens with one attached hydrogen (secondary N) is 2. The Morgan fingerprint density at radius 1 is 1.00 bits per heavy atom. The molecule has 2 aromatic carbocycles. The Morgan fingerprint density at radius 2 is 1.78 bits per heavy atom. The predicted molar refractivity (Wildman–Crippen MR) is 105 cm³/mol. The van der Waals surface area contributed by atoms with Crippen LogP contribution < -0.4 is 15.4 Å². The van der Waals surface area contributed by atoms with E-state index in [9.17, 15) is 4.79 Å². The second kappa shape index (κ2) is 8.31. The van der Waals surface area contributed by atoms with E-state index in [1.165, 1.54) is 0 Å². The van der Waals surface area contributed by atoms with Gasteiger partial charge in [-0.2, -0.15) is 0 Å². The highest BCUT2D eigenvalue weighted by Gasteiger charge is 2.09. The highest BCUT2D eigenvalue weighted by atomic mass is 16.5. The van der Waals surface area contributed by atoms with Crippen molar-refractivity contribution in [1.82, 2.24) is 15.5 Å². The molecule has 0 saturated heterocycles. The van der Waals surface area contributed by atoms with Crippen molar-refractivity contribution in [2.75, 3.05) is 12.4 Å². The molecule has 0 atom stereocenters. The maximum Gasteiger partial charge on any atom is 0.272 e. The Balaban J connectivity index is 1.60. The lowest BCUT2D eigenvalue weighted by atomic mass is 10.1. The molecule has 0 radical (unpaired) electrons. The number of rotatable bonds is 6. The number of benzene rings is 2. The molecule has 3 aromatic rings. The summed E-state index contributed by atoms with van der Waals surface area (Å²) in [6, 6.07) is 17.1. The largest absolute Gasteiger partial charge is 0.497 e. The molecule has 0 aliphatic rings. The first-order valence-electron chi connectivity index (χ1n) is 8.64. The zero-order valence-electron chi connectivity index (χ0n) is 15.6. The lowest BCUT2D eigenvalue weighted by molar-refractivity contribution is 0.0945. The van der Waals surface area contributed by atoms with Gasteiger partial charge in [0.25, 0.3) is 5.91 Å². The van der Waals surface area contributed by atoms with E-state index in [4.69, 9.17) is 4.74 Å². The average molecular weight is 362 g/mol. The molecule has 0 aliphatic carbocycles. The van der Waals surface area contributed by atoms with E-state index in [2.05, 4.69) is 26.9 Å². The van der Waals surface area contributed by atoms with Crippen LogP contribution in [0, 0.1) is 13.8 Å². The number of methoxy groups -OCH3 is 1. The van der Waals surface area contributed by atoms with Crippen LogP contribution >= 0.6 is 0 Å². The average Bonchev–Trinajstić information content (AvgIpc) is 2.70. The normalized spacial score (nSPS) is 10.3. The van der Waals surface area contributed by atoms with Crippen molar-refractivity contribution in [2.45, 2.75) is 20.4 Å². The van der Waals surface area contributed by atoms with E-state index < -0.39 is 0 Å². The van der Waals surface area contributed by atoms with Crippen molar-refractivity contribution in [1.29, 1.82) is 0 Å². The van der Waals surface area contributed by atoms with Crippen LogP contribution in [-0.4, -0.2) is 23.2 Å². The van der Waals surface area contributed by atoms with E-state index in [-0.39, 0.29) is 11.6 Å². The number of aryl methyl sites for hydroxylation is 2. The van der Waals surface area contributed by atoms with Gasteiger partial charge in [-0.3, -0.25) is 4.79 Å². The molecule has 0 saturated carbocycles. The van der Waals surface area contributed by atoms with Gasteiger partial charge in [-0.15, -0.1) is 10.2 Å². The molecule has 0 bridgehead atoms. The van der Waals surface area contributed by atoms with Gasteiger partial charge < -0.3 is 15.4 Å². The highest BCUT2D eigenvalue weighted by Crippen LogP contribution is 2.20. The Labute approximate surface area is 158 Å². The van der Waals surface area contributed by atoms with Crippen LogP contribution in [-0.2, 0) is 6.54 Å². The molecule has 138 valence electrons. The van der Waals surface area contributed by atoms with Crippen molar-refractivity contribution in [3.8, 4) is 5.75 Å². The molecule has 3 rings (SSSR count). The van der Waals surface area contributed by atoms with Crippen LogP contribution in [0.15, 0.2) is 54.6 Å². The molecular formula is C21H22N4O2. The number of anilines is 2. The zero-order valence-corrected chi connectivity index (χ0v) is 15.6. The topological polar surface area (TPSA) is 76.1 Å². The number of carbonyl (C=O) groups is 1. The molecule has 27 heavy (non-hydrogen) atoms. The lowest BCUT2D eigenvalue weighted by Crippen LogP contribution is -2.24. The lowest BCUT2D eigenvalue weighted by Gasteiger charge is -2.10. The first-order chi connectivity index (χ1) is 13.0. The Bertz CT molecular complexity index is 922. The standard InChI is InChI=1S/C21H22N4O2/c1-14-4-5-15(2)19(12-14)23-20-11-10-18(24-25-20)21(26)22-13-16-6-8-17(27-3)9-7-16/h4-12H,13H2,1-3H3,(H,22,26)(H,23,25). The quantitative estimate of drug-likeness (QED) is 0.698. The van der Waals surface area contributed by atoms with Gasteiger partial charge >= 0.3 is 0 Å². The smallest absolute Gasteiger partial charge is 0.272 e. The third-order valence-electron chi connectivity index (χ3n) is 4.17. The van der Waals surface area contributed by atoms with Gasteiger partial charge in [0.15, 0.2) is 11.5 Å². The molecular weight excluding hydrogens is 340 g/mol. The first kappa shape index (κ1) is 18.4. The maximum absolute atomic E-state index is 12.3. The minimum atomic E-state index is -0.267. The molecule has 1 heterocycles. The molecule has 0 aliphatic heterocycles. The number of hydrogen-bond donors (Lipinski definition) is 2. The van der Waals surface area contributed by atoms with Gasteiger partial charge in [-0.1, -0.05) is 24.3 Å². The molecule has 0 spiro atoms. The van der Waals surface area contributed by atoms with Crippen molar-refractivity contribution in [3.05, 3.63) is 77.0 Å². The summed E-state index contributed by atoms with van der Waals surface area (Å²) in [4.78, 5) is 12.3. The molecule has 0 unspecified atom stereocenters. The van der Waals surface area contributed by atoms with Crippen molar-refractivity contribution >= 4 is 17.4 Å². The van der Waals surface area contributed by atoms with Gasteiger partial charge in [0.1, 0.15) is 5.75 Å². The Hall–Kier alpha value is -3.41. The zero-order chi connectivity index (χ0) is 19.2. The number of amides is 1. The number of hydrogen-bond acceptors (Lipinski definition) is 5. The van der Waals surface area contributed by atoms with Gasteiger partial charge in [0, 0.05) is 12.2 Å². The predicted octanol–water partition coefficient (Wildman–Crippen LogP) is 3.78. The molecule has 6 heteroatoms. The number of carbonyl (C=O) groups excluding carboxylic acids is 1. The molecule has 6 nitrogen and oxygen atoms in total. The summed E-state index contributed by atoms with van der Waals surface area (Å²) < 4.78 is 5.12. The minimum absolute atomic E-state index is 0.267. The third kappa shape index (κ3) is 4.82. The van der Waals surface area contributed by atoms with Crippen LogP contribution in [0.25, 0.3) is 0 Å². The summed E-state index contributed by atoms with van der Waals surface area (Å²) in [7, 11) is 1.62. The summed E-state index contributed by atoms with van der Waals surface area (Å²) in [6.45, 7) is 4.47. The Kier molecular flexibility index (Phi) is 5.66. The van der Waals surface area contributed by atoms with Crippen LogP contribution in [0.5, 0.6) is 5.75 Å². The molecule has 1 amide bonds. The fourth-order valence-corrected chi connectivity index (χ4v) is 2.54. The second-order valence-electron chi connectivity index (χ2n) is 6.28. The number of aromatic nitrogens is 2. The van der Waals surface area contributed by atoms with E-state index in [1.54, 1.807) is 19.2 Å². The molecule has 0 fully saturated rings. The van der Waals surface area contributed by atoms with Crippen LogP contribution in [0.2, 0.25) is 0 Å². The summed E-state index contributed by atoms with van der Waals surface area (Å²) in [5, 5.41) is 14.2. The summed E-state index contributed by atoms with van der Waals surface area (Å²) >= 11 is 0. The van der Waals surface area contributed by atoms with Crippen LogP contribution in [0.1, 0.15) is 27.2 Å². The maximum atomic E-state index is 12.3. The van der Waals surface area contributed by atoms with E-state index in [0.717, 1.165) is 28.1 Å². The fraction of sp³-hybridized carbons (Fsp3) is 0.190. The van der Waals surface area contributed by atoms with E-state index >= 15 is 0 Å². The van der Waals surface area contributed by atoms with Gasteiger partial charge in [-0.05, 0) is 60.9 Å². The van der Waals surface area contributed by atoms with Crippen molar-refractivity contribution < 1.29 is 9.53 Å². The highest BCUT2D eigenvalue weighted by molar-refractivity contribution is 5.92. The minimum Gasteiger partial charge on any atom is -0.497 e. The monoisotopic (exact) mass is 362 g/mol. The van der Waals surface area contributed by atoms with Gasteiger partial charge in [0.05, 0.1) is 7.11 Å². The second-order valence-corrected chi connectivity index (χ2v) is 6.28. The SMILES string of the molecule is COc1ccc(CNC(=O)c2ccc(Nc3cc(C)ccc3C)nn2)cc1. The summed E-state index contributed by atoms with van der Waals surface area (Å²) in [6.07, 6.45) is 0. The number of ether oxygens (including phenoxy) is 1. The van der Waals surface area contributed by atoms with Crippen molar-refractivity contribution in [3.63, 3.8) is 0 Å². The third-order valence-corrected chi connectivity index (χ3v) is 4.17. The van der Waals surface area contributed by atoms with Gasteiger partial charge in [0.2, 0.25) is 0 Å². The number of nitrogens with zero attached hydrogens (tertiary/aromatic N) is 2. The Morgan fingerprint density at radius 3 is 2.44 bits per heavy atom. The summed E-state index contributed by atoms with van der Waals surface area (Å²) in [5.41, 5.74) is 4.50. The molecule has 2 N–H and O–H groups in total. The van der Waals surface area contributed by atoms with Crippen LogP contribution in [0.3, 0.4) is 0 Å². The van der Waals surface area contributed by atoms with E-state index in [1.807, 2.05) is 50.2 Å². The fourth-order valence-electron chi connectivity index (χ4n) is 2.54. The van der Waals surface area contributed by atoms with Crippen LogP contribution in [0.4, 0.5) is 11.5 Å². The summed E-state index contributed by atoms with van der Waals surface area (Å²) in [5.74, 6) is 1.11. The van der Waals surface area contributed by atoms with Gasteiger partial charge in [-0.25, -0.2) is 0 Å². The van der Waals surface area contributed by atoms with Crippen molar-refractivity contribution in [2.24, 2.45) is 0 Å². The first-order valence-corrected chi connectivity index (χ1v) is 8.64.